The lowest BCUT2D eigenvalue weighted by Gasteiger charge is -2.15. The summed E-state index contributed by atoms with van der Waals surface area (Å²) in [5.41, 5.74) is 5.38. The van der Waals surface area contributed by atoms with Crippen LogP contribution in [-0.4, -0.2) is 17.7 Å². The lowest BCUT2D eigenvalue weighted by atomic mass is 10.1. The number of hydrogen-bond acceptors (Lipinski definition) is 4. The van der Waals surface area contributed by atoms with Gasteiger partial charge in [-0.3, -0.25) is 0 Å². The van der Waals surface area contributed by atoms with Crippen LogP contribution in [0, 0.1) is 13.8 Å². The van der Waals surface area contributed by atoms with Crippen molar-refractivity contribution in [2.24, 2.45) is 0 Å². The molecule has 2 N–H and O–H groups in total. The SMILES string of the molecule is CCOc1cc(CNc2cc(C(=O)O)ccc2C)ccc1OCc1ccc(C)cc1. The van der Waals surface area contributed by atoms with E-state index >= 15 is 0 Å². The summed E-state index contributed by atoms with van der Waals surface area (Å²) in [5, 5.41) is 12.5. The highest BCUT2D eigenvalue weighted by Gasteiger charge is 2.09. The Morgan fingerprint density at radius 1 is 0.900 bits per heavy atom. The molecule has 0 saturated heterocycles. The molecule has 30 heavy (non-hydrogen) atoms. The van der Waals surface area contributed by atoms with Crippen molar-refractivity contribution in [2.75, 3.05) is 11.9 Å². The predicted molar refractivity (Wildman–Crippen MR) is 119 cm³/mol. The fourth-order valence-corrected chi connectivity index (χ4v) is 3.04. The van der Waals surface area contributed by atoms with Crippen molar-refractivity contribution in [3.8, 4) is 11.5 Å². The Labute approximate surface area is 177 Å². The maximum atomic E-state index is 11.2. The first-order chi connectivity index (χ1) is 14.5. The predicted octanol–water partition coefficient (Wildman–Crippen LogP) is 5.59. The van der Waals surface area contributed by atoms with Crippen molar-refractivity contribution in [1.29, 1.82) is 0 Å². The third kappa shape index (κ3) is 5.54. The molecule has 0 unspecified atom stereocenters. The number of aryl methyl sites for hydroxylation is 2. The average Bonchev–Trinajstić information content (AvgIpc) is 2.73. The zero-order valence-electron chi connectivity index (χ0n) is 17.6. The van der Waals surface area contributed by atoms with Crippen LogP contribution >= 0.6 is 0 Å². The van der Waals surface area contributed by atoms with E-state index < -0.39 is 5.97 Å². The number of carboxylic acids is 1. The Hall–Kier alpha value is -3.47. The van der Waals surface area contributed by atoms with Crippen molar-refractivity contribution >= 4 is 11.7 Å². The molecule has 0 saturated carbocycles. The van der Waals surface area contributed by atoms with E-state index in [-0.39, 0.29) is 5.56 Å². The highest BCUT2D eigenvalue weighted by atomic mass is 16.5. The lowest BCUT2D eigenvalue weighted by molar-refractivity contribution is 0.0697. The van der Waals surface area contributed by atoms with Gasteiger partial charge in [0.25, 0.3) is 0 Å². The number of nitrogens with one attached hydrogen (secondary N) is 1. The van der Waals surface area contributed by atoms with Crippen molar-refractivity contribution in [1.82, 2.24) is 0 Å². The van der Waals surface area contributed by atoms with Gasteiger partial charge in [-0.05, 0) is 61.7 Å². The lowest BCUT2D eigenvalue weighted by Crippen LogP contribution is -2.05. The Bertz CT molecular complexity index is 1010. The zero-order chi connectivity index (χ0) is 21.5. The maximum absolute atomic E-state index is 11.2. The number of rotatable bonds is 9. The monoisotopic (exact) mass is 405 g/mol. The average molecular weight is 405 g/mol. The Morgan fingerprint density at radius 2 is 1.63 bits per heavy atom. The summed E-state index contributed by atoms with van der Waals surface area (Å²) in [7, 11) is 0. The van der Waals surface area contributed by atoms with E-state index in [2.05, 4.69) is 36.5 Å². The van der Waals surface area contributed by atoms with E-state index in [0.717, 1.165) is 22.4 Å². The highest BCUT2D eigenvalue weighted by Crippen LogP contribution is 2.30. The number of aromatic carboxylic acids is 1. The van der Waals surface area contributed by atoms with E-state index in [1.54, 1.807) is 18.2 Å². The van der Waals surface area contributed by atoms with Crippen molar-refractivity contribution < 1.29 is 19.4 Å². The van der Waals surface area contributed by atoms with Gasteiger partial charge in [0.2, 0.25) is 0 Å². The molecule has 0 aliphatic heterocycles. The van der Waals surface area contributed by atoms with Crippen LogP contribution in [0.15, 0.2) is 60.7 Å². The summed E-state index contributed by atoms with van der Waals surface area (Å²) < 4.78 is 11.8. The molecule has 0 atom stereocenters. The first-order valence-electron chi connectivity index (χ1n) is 9.98. The van der Waals surface area contributed by atoms with Crippen LogP contribution in [-0.2, 0) is 13.2 Å². The van der Waals surface area contributed by atoms with Crippen LogP contribution in [0.5, 0.6) is 11.5 Å². The molecule has 0 aliphatic carbocycles. The van der Waals surface area contributed by atoms with Gasteiger partial charge in [-0.1, -0.05) is 42.0 Å². The molecule has 0 amide bonds. The Morgan fingerprint density at radius 3 is 2.33 bits per heavy atom. The molecule has 0 spiro atoms. The first-order valence-corrected chi connectivity index (χ1v) is 9.98. The van der Waals surface area contributed by atoms with Crippen molar-refractivity contribution in [2.45, 2.75) is 33.9 Å². The molecule has 0 radical (unpaired) electrons. The maximum Gasteiger partial charge on any atom is 0.335 e. The summed E-state index contributed by atoms with van der Waals surface area (Å²) in [6.45, 7) is 7.50. The second-order valence-electron chi connectivity index (χ2n) is 7.18. The highest BCUT2D eigenvalue weighted by molar-refractivity contribution is 5.89. The van der Waals surface area contributed by atoms with E-state index in [4.69, 9.17) is 9.47 Å². The molecule has 0 bridgehead atoms. The molecule has 0 aromatic heterocycles. The summed E-state index contributed by atoms with van der Waals surface area (Å²) in [6, 6.07) is 19.2. The van der Waals surface area contributed by atoms with Crippen LogP contribution in [0.3, 0.4) is 0 Å². The van der Waals surface area contributed by atoms with Crippen LogP contribution in [0.4, 0.5) is 5.69 Å². The summed E-state index contributed by atoms with van der Waals surface area (Å²) in [5.74, 6) is 0.455. The van der Waals surface area contributed by atoms with Crippen molar-refractivity contribution in [3.05, 3.63) is 88.5 Å². The molecular weight excluding hydrogens is 378 g/mol. The number of carboxylic acid groups (broad SMARTS) is 1. The summed E-state index contributed by atoms with van der Waals surface area (Å²) in [6.07, 6.45) is 0. The number of ether oxygens (including phenoxy) is 2. The van der Waals surface area contributed by atoms with Crippen molar-refractivity contribution in [3.63, 3.8) is 0 Å². The molecule has 3 rings (SSSR count). The third-order valence-corrected chi connectivity index (χ3v) is 4.79. The minimum absolute atomic E-state index is 0.262. The van der Waals surface area contributed by atoms with Gasteiger partial charge in [-0.2, -0.15) is 0 Å². The zero-order valence-corrected chi connectivity index (χ0v) is 17.6. The normalized spacial score (nSPS) is 10.5. The molecule has 3 aromatic rings. The van der Waals surface area contributed by atoms with Crippen LogP contribution in [0.25, 0.3) is 0 Å². The summed E-state index contributed by atoms with van der Waals surface area (Å²) >= 11 is 0. The summed E-state index contributed by atoms with van der Waals surface area (Å²) in [4.78, 5) is 11.2. The van der Waals surface area contributed by atoms with Crippen LogP contribution < -0.4 is 14.8 Å². The number of anilines is 1. The number of carbonyl (C=O) groups is 1. The van der Waals surface area contributed by atoms with E-state index in [1.165, 1.54) is 5.56 Å². The van der Waals surface area contributed by atoms with Gasteiger partial charge in [0.05, 0.1) is 12.2 Å². The Balaban J connectivity index is 1.70. The first kappa shape index (κ1) is 21.2. The van der Waals surface area contributed by atoms with Gasteiger partial charge in [0.15, 0.2) is 11.5 Å². The Kier molecular flexibility index (Phi) is 6.96. The van der Waals surface area contributed by atoms with E-state index in [0.29, 0.717) is 31.3 Å². The molecule has 3 aromatic carbocycles. The molecule has 0 fully saturated rings. The molecular formula is C25H27NO4. The van der Waals surface area contributed by atoms with Gasteiger partial charge < -0.3 is 19.9 Å². The van der Waals surface area contributed by atoms with Gasteiger partial charge >= 0.3 is 5.97 Å². The molecule has 0 heterocycles. The largest absolute Gasteiger partial charge is 0.490 e. The third-order valence-electron chi connectivity index (χ3n) is 4.79. The molecule has 5 heteroatoms. The van der Waals surface area contributed by atoms with Gasteiger partial charge in [-0.25, -0.2) is 4.79 Å². The minimum atomic E-state index is -0.938. The number of hydrogen-bond donors (Lipinski definition) is 2. The van der Waals surface area contributed by atoms with Gasteiger partial charge in [0.1, 0.15) is 6.61 Å². The second-order valence-corrected chi connectivity index (χ2v) is 7.18. The topological polar surface area (TPSA) is 67.8 Å². The molecule has 156 valence electrons. The molecule has 0 aliphatic rings. The van der Waals surface area contributed by atoms with Gasteiger partial charge in [-0.15, -0.1) is 0 Å². The quantitative estimate of drug-likeness (QED) is 0.486. The van der Waals surface area contributed by atoms with Crippen LogP contribution in [0.2, 0.25) is 0 Å². The fourth-order valence-electron chi connectivity index (χ4n) is 3.04. The second kappa shape index (κ2) is 9.83. The number of benzene rings is 3. The van der Waals surface area contributed by atoms with Crippen LogP contribution in [0.1, 0.15) is 39.5 Å². The molecule has 5 nitrogen and oxygen atoms in total. The van der Waals surface area contributed by atoms with E-state index in [1.807, 2.05) is 32.0 Å². The fraction of sp³-hybridized carbons (Fsp3) is 0.240. The standard InChI is InChI=1S/C25H27NO4/c1-4-29-24-13-20(15-26-22-14-21(25(27)28)11-7-18(22)3)10-12-23(24)30-16-19-8-5-17(2)6-9-19/h5-14,26H,4,15-16H2,1-3H3,(H,27,28). The van der Waals surface area contributed by atoms with E-state index in [9.17, 15) is 9.90 Å². The van der Waals surface area contributed by atoms with Gasteiger partial charge in [0, 0.05) is 12.2 Å². The smallest absolute Gasteiger partial charge is 0.335 e. The minimum Gasteiger partial charge on any atom is -0.490 e.